The van der Waals surface area contributed by atoms with Crippen LogP contribution in [0, 0.1) is 0 Å². The van der Waals surface area contributed by atoms with Crippen LogP contribution in [0.3, 0.4) is 0 Å². The Morgan fingerprint density at radius 2 is 2.38 bits per heavy atom. The first kappa shape index (κ1) is 9.80. The number of nitrogens with two attached hydrogens (primary N) is 1. The van der Waals surface area contributed by atoms with Crippen LogP contribution in [-0.2, 0) is 0 Å². The zero-order chi connectivity index (χ0) is 9.52. The molecule has 13 heavy (non-hydrogen) atoms. The fourth-order valence-electron chi connectivity index (χ4n) is 0.916. The van der Waals surface area contributed by atoms with Crippen LogP contribution in [0.2, 0.25) is 0 Å². The van der Waals surface area contributed by atoms with E-state index in [9.17, 15) is 0 Å². The molecule has 0 aromatic carbocycles. The fourth-order valence-corrected chi connectivity index (χ4v) is 0.916. The van der Waals surface area contributed by atoms with Crippen molar-refractivity contribution in [3.8, 4) is 5.88 Å². The Bertz CT molecular complexity index is 252. The van der Waals surface area contributed by atoms with Crippen molar-refractivity contribution in [3.63, 3.8) is 0 Å². The van der Waals surface area contributed by atoms with Crippen molar-refractivity contribution < 1.29 is 4.74 Å². The second-order valence-corrected chi connectivity index (χ2v) is 2.60. The van der Waals surface area contributed by atoms with Crippen LogP contribution in [0.1, 0.15) is 6.92 Å². The number of hydrogen-bond donors (Lipinski definition) is 2. The van der Waals surface area contributed by atoms with Gasteiger partial charge in [0.05, 0.1) is 0 Å². The number of nitrogens with zero attached hydrogens (tertiary/aromatic N) is 1. The van der Waals surface area contributed by atoms with E-state index in [4.69, 9.17) is 10.5 Å². The van der Waals surface area contributed by atoms with Gasteiger partial charge in [0.15, 0.2) is 0 Å². The molecule has 0 bridgehead atoms. The van der Waals surface area contributed by atoms with Gasteiger partial charge in [-0.05, 0) is 12.6 Å². The molecule has 0 spiro atoms. The standard InChI is InChI=1S/C9H15N3O/c1-2-11-6-7-13-9-5-3-4-8(10)12-9/h3-5,11H,2,6-7H2,1H3,(H2,10,12). The lowest BCUT2D eigenvalue weighted by atomic mass is 10.4. The van der Waals surface area contributed by atoms with E-state index in [-0.39, 0.29) is 0 Å². The molecular formula is C9H15N3O. The number of pyridine rings is 1. The predicted octanol–water partition coefficient (Wildman–Crippen LogP) is 0.652. The molecule has 1 heterocycles. The van der Waals surface area contributed by atoms with Gasteiger partial charge in [0.25, 0.3) is 0 Å². The summed E-state index contributed by atoms with van der Waals surface area (Å²) in [6, 6.07) is 5.35. The van der Waals surface area contributed by atoms with Gasteiger partial charge in [-0.25, -0.2) is 0 Å². The van der Waals surface area contributed by atoms with E-state index in [1.807, 2.05) is 6.07 Å². The molecule has 0 amide bonds. The molecule has 4 heteroatoms. The summed E-state index contributed by atoms with van der Waals surface area (Å²) in [7, 11) is 0. The first-order valence-corrected chi connectivity index (χ1v) is 4.39. The van der Waals surface area contributed by atoms with E-state index in [0.29, 0.717) is 18.3 Å². The second-order valence-electron chi connectivity index (χ2n) is 2.60. The Morgan fingerprint density at radius 1 is 1.54 bits per heavy atom. The van der Waals surface area contributed by atoms with Gasteiger partial charge >= 0.3 is 0 Å². The van der Waals surface area contributed by atoms with Gasteiger partial charge in [-0.15, -0.1) is 0 Å². The highest BCUT2D eigenvalue weighted by atomic mass is 16.5. The third-order valence-electron chi connectivity index (χ3n) is 1.52. The molecule has 3 N–H and O–H groups in total. The second kappa shape index (κ2) is 5.37. The average molecular weight is 181 g/mol. The summed E-state index contributed by atoms with van der Waals surface area (Å²) in [5.41, 5.74) is 5.48. The minimum Gasteiger partial charge on any atom is -0.476 e. The van der Waals surface area contributed by atoms with Gasteiger partial charge in [0, 0.05) is 12.6 Å². The minimum absolute atomic E-state index is 0.487. The first-order chi connectivity index (χ1) is 6.33. The molecular weight excluding hydrogens is 166 g/mol. The van der Waals surface area contributed by atoms with Gasteiger partial charge < -0.3 is 15.8 Å². The molecule has 0 atom stereocenters. The van der Waals surface area contributed by atoms with E-state index >= 15 is 0 Å². The maximum Gasteiger partial charge on any atom is 0.215 e. The van der Waals surface area contributed by atoms with E-state index < -0.39 is 0 Å². The molecule has 0 radical (unpaired) electrons. The fraction of sp³-hybridized carbons (Fsp3) is 0.444. The summed E-state index contributed by atoms with van der Waals surface area (Å²) in [6.45, 7) is 4.45. The van der Waals surface area contributed by atoms with Crippen molar-refractivity contribution in [2.45, 2.75) is 6.92 Å². The largest absolute Gasteiger partial charge is 0.476 e. The van der Waals surface area contributed by atoms with E-state index in [1.165, 1.54) is 0 Å². The Hall–Kier alpha value is -1.29. The predicted molar refractivity (Wildman–Crippen MR) is 52.7 cm³/mol. The summed E-state index contributed by atoms with van der Waals surface area (Å²) in [5, 5.41) is 3.15. The zero-order valence-corrected chi connectivity index (χ0v) is 7.79. The van der Waals surface area contributed by atoms with Crippen molar-refractivity contribution in [2.24, 2.45) is 0 Å². The smallest absolute Gasteiger partial charge is 0.215 e. The molecule has 1 rings (SSSR count). The summed E-state index contributed by atoms with van der Waals surface area (Å²) in [6.07, 6.45) is 0. The summed E-state index contributed by atoms with van der Waals surface area (Å²) < 4.78 is 5.34. The monoisotopic (exact) mass is 181 g/mol. The third-order valence-corrected chi connectivity index (χ3v) is 1.52. The third kappa shape index (κ3) is 3.75. The normalized spacial score (nSPS) is 9.92. The van der Waals surface area contributed by atoms with Crippen LogP contribution in [0.25, 0.3) is 0 Å². The molecule has 0 aliphatic rings. The van der Waals surface area contributed by atoms with Gasteiger partial charge in [0.1, 0.15) is 12.4 Å². The zero-order valence-electron chi connectivity index (χ0n) is 7.79. The summed E-state index contributed by atoms with van der Waals surface area (Å²) in [5.74, 6) is 1.07. The molecule has 0 fully saturated rings. The molecule has 0 aliphatic heterocycles. The van der Waals surface area contributed by atoms with Crippen LogP contribution in [0.15, 0.2) is 18.2 Å². The molecule has 1 aromatic heterocycles. The Balaban J connectivity index is 2.28. The van der Waals surface area contributed by atoms with Crippen molar-refractivity contribution in [3.05, 3.63) is 18.2 Å². The average Bonchev–Trinajstić information content (AvgIpc) is 2.13. The van der Waals surface area contributed by atoms with Crippen LogP contribution in [-0.4, -0.2) is 24.7 Å². The summed E-state index contributed by atoms with van der Waals surface area (Å²) >= 11 is 0. The highest BCUT2D eigenvalue weighted by Crippen LogP contribution is 2.07. The first-order valence-electron chi connectivity index (χ1n) is 4.39. The van der Waals surface area contributed by atoms with Crippen molar-refractivity contribution in [1.82, 2.24) is 10.3 Å². The molecule has 0 unspecified atom stereocenters. The van der Waals surface area contributed by atoms with Crippen LogP contribution in [0.5, 0.6) is 5.88 Å². The number of anilines is 1. The number of ether oxygens (including phenoxy) is 1. The van der Waals surface area contributed by atoms with Gasteiger partial charge in [0.2, 0.25) is 5.88 Å². The quantitative estimate of drug-likeness (QED) is 0.655. The Kier molecular flexibility index (Phi) is 4.05. The number of likely N-dealkylation sites (N-methyl/N-ethyl adjacent to an activating group) is 1. The molecule has 0 saturated carbocycles. The minimum atomic E-state index is 0.487. The topological polar surface area (TPSA) is 60.2 Å². The lowest BCUT2D eigenvalue weighted by Gasteiger charge is -2.05. The van der Waals surface area contributed by atoms with Crippen molar-refractivity contribution in [1.29, 1.82) is 0 Å². The highest BCUT2D eigenvalue weighted by molar-refractivity contribution is 5.30. The van der Waals surface area contributed by atoms with Crippen LogP contribution >= 0.6 is 0 Å². The molecule has 72 valence electrons. The number of nitrogens with one attached hydrogen (secondary N) is 1. The van der Waals surface area contributed by atoms with Gasteiger partial charge in [-0.3, -0.25) is 0 Å². The number of hydrogen-bond acceptors (Lipinski definition) is 4. The lowest BCUT2D eigenvalue weighted by Crippen LogP contribution is -2.20. The van der Waals surface area contributed by atoms with Crippen LogP contribution in [0.4, 0.5) is 5.82 Å². The number of nitrogen functional groups attached to an aromatic ring is 1. The molecule has 0 saturated heterocycles. The van der Waals surface area contributed by atoms with Gasteiger partial charge in [-0.2, -0.15) is 4.98 Å². The molecule has 0 aliphatic carbocycles. The number of aromatic nitrogens is 1. The van der Waals surface area contributed by atoms with Crippen molar-refractivity contribution in [2.75, 3.05) is 25.4 Å². The van der Waals surface area contributed by atoms with E-state index in [1.54, 1.807) is 12.1 Å². The maximum absolute atomic E-state index is 5.48. The van der Waals surface area contributed by atoms with E-state index in [2.05, 4.69) is 17.2 Å². The Labute approximate surface area is 78.1 Å². The lowest BCUT2D eigenvalue weighted by molar-refractivity contribution is 0.304. The Morgan fingerprint density at radius 3 is 3.08 bits per heavy atom. The van der Waals surface area contributed by atoms with Crippen LogP contribution < -0.4 is 15.8 Å². The van der Waals surface area contributed by atoms with Crippen molar-refractivity contribution >= 4 is 5.82 Å². The molecule has 4 nitrogen and oxygen atoms in total. The summed E-state index contributed by atoms with van der Waals surface area (Å²) in [4.78, 5) is 4.00. The number of rotatable bonds is 5. The highest BCUT2D eigenvalue weighted by Gasteiger charge is 1.94. The van der Waals surface area contributed by atoms with Gasteiger partial charge in [-0.1, -0.05) is 13.0 Å². The SMILES string of the molecule is CCNCCOc1cccc(N)n1. The maximum atomic E-state index is 5.48. The van der Waals surface area contributed by atoms with E-state index in [0.717, 1.165) is 13.1 Å². The molecule has 1 aromatic rings.